The Kier molecular flexibility index (Phi) is 4.68. The van der Waals surface area contributed by atoms with Gasteiger partial charge in [-0.2, -0.15) is 0 Å². The number of carbonyl (C=O) groups is 2. The average molecular weight is 282 g/mol. The molecule has 1 saturated carbocycles. The van der Waals surface area contributed by atoms with Crippen molar-refractivity contribution in [3.8, 4) is 0 Å². The van der Waals surface area contributed by atoms with E-state index in [0.29, 0.717) is 0 Å². The molecule has 0 aromatic rings. The SMILES string of the molecule is COC1CCCC(N2C(=O)C(C(C)C)NC(=O)C2C)C1. The van der Waals surface area contributed by atoms with Crippen LogP contribution in [0.1, 0.15) is 46.5 Å². The number of hydrogen-bond acceptors (Lipinski definition) is 3. The van der Waals surface area contributed by atoms with Crippen LogP contribution in [-0.4, -0.2) is 48.1 Å². The molecule has 2 fully saturated rings. The molecule has 5 heteroatoms. The van der Waals surface area contributed by atoms with Crippen LogP contribution in [0.2, 0.25) is 0 Å². The number of methoxy groups -OCH3 is 1. The van der Waals surface area contributed by atoms with Crippen molar-refractivity contribution in [1.82, 2.24) is 10.2 Å². The monoisotopic (exact) mass is 282 g/mol. The molecule has 0 radical (unpaired) electrons. The van der Waals surface area contributed by atoms with Gasteiger partial charge < -0.3 is 15.0 Å². The average Bonchev–Trinajstić information content (AvgIpc) is 2.43. The van der Waals surface area contributed by atoms with Crippen molar-refractivity contribution in [3.63, 3.8) is 0 Å². The van der Waals surface area contributed by atoms with Crippen molar-refractivity contribution in [2.45, 2.75) is 70.7 Å². The minimum atomic E-state index is -0.387. The van der Waals surface area contributed by atoms with Crippen LogP contribution < -0.4 is 5.32 Å². The van der Waals surface area contributed by atoms with Crippen molar-refractivity contribution in [2.24, 2.45) is 5.92 Å². The van der Waals surface area contributed by atoms with Gasteiger partial charge in [0, 0.05) is 13.2 Å². The molecule has 1 aliphatic carbocycles. The molecule has 1 aliphatic heterocycles. The minimum Gasteiger partial charge on any atom is -0.381 e. The van der Waals surface area contributed by atoms with E-state index in [0.717, 1.165) is 25.7 Å². The van der Waals surface area contributed by atoms with Gasteiger partial charge in [0.2, 0.25) is 11.8 Å². The van der Waals surface area contributed by atoms with Gasteiger partial charge in [0.1, 0.15) is 12.1 Å². The lowest BCUT2D eigenvalue weighted by Gasteiger charge is -2.45. The fourth-order valence-electron chi connectivity index (χ4n) is 3.35. The zero-order chi connectivity index (χ0) is 14.9. The quantitative estimate of drug-likeness (QED) is 0.849. The van der Waals surface area contributed by atoms with Gasteiger partial charge in [0.05, 0.1) is 6.10 Å². The molecule has 1 N–H and O–H groups in total. The van der Waals surface area contributed by atoms with Crippen LogP contribution in [0, 0.1) is 5.92 Å². The molecule has 2 rings (SSSR count). The van der Waals surface area contributed by atoms with Crippen molar-refractivity contribution in [3.05, 3.63) is 0 Å². The maximum absolute atomic E-state index is 12.7. The maximum Gasteiger partial charge on any atom is 0.246 e. The Morgan fingerprint density at radius 2 is 2.00 bits per heavy atom. The Morgan fingerprint density at radius 3 is 2.60 bits per heavy atom. The predicted octanol–water partition coefficient (Wildman–Crippen LogP) is 1.32. The lowest BCUT2D eigenvalue weighted by Crippen LogP contribution is -2.66. The maximum atomic E-state index is 12.7. The molecule has 4 atom stereocenters. The first-order valence-electron chi connectivity index (χ1n) is 7.61. The zero-order valence-electron chi connectivity index (χ0n) is 12.9. The summed E-state index contributed by atoms with van der Waals surface area (Å²) in [7, 11) is 1.72. The van der Waals surface area contributed by atoms with Crippen molar-refractivity contribution in [2.75, 3.05) is 7.11 Å². The number of nitrogens with zero attached hydrogens (tertiary/aromatic N) is 1. The van der Waals surface area contributed by atoms with E-state index in [9.17, 15) is 9.59 Å². The third-order valence-corrected chi connectivity index (χ3v) is 4.61. The van der Waals surface area contributed by atoms with Gasteiger partial charge in [-0.15, -0.1) is 0 Å². The number of amides is 2. The highest BCUT2D eigenvalue weighted by atomic mass is 16.5. The van der Waals surface area contributed by atoms with E-state index in [1.165, 1.54) is 0 Å². The Labute approximate surface area is 121 Å². The summed E-state index contributed by atoms with van der Waals surface area (Å²) in [5, 5.41) is 2.85. The topological polar surface area (TPSA) is 58.6 Å². The van der Waals surface area contributed by atoms with Crippen LogP contribution in [0.4, 0.5) is 0 Å². The summed E-state index contributed by atoms with van der Waals surface area (Å²) in [6.45, 7) is 5.76. The molecular formula is C15H26N2O3. The highest BCUT2D eigenvalue weighted by Gasteiger charge is 2.43. The third-order valence-electron chi connectivity index (χ3n) is 4.61. The minimum absolute atomic E-state index is 0.0390. The van der Waals surface area contributed by atoms with E-state index in [1.807, 2.05) is 25.7 Å². The Morgan fingerprint density at radius 1 is 1.30 bits per heavy atom. The highest BCUT2D eigenvalue weighted by molar-refractivity contribution is 5.97. The van der Waals surface area contributed by atoms with E-state index in [1.54, 1.807) is 7.11 Å². The summed E-state index contributed by atoms with van der Waals surface area (Å²) in [6.07, 6.45) is 4.10. The molecule has 0 aromatic heterocycles. The van der Waals surface area contributed by atoms with Gasteiger partial charge in [-0.1, -0.05) is 13.8 Å². The number of nitrogens with one attached hydrogen (secondary N) is 1. The van der Waals surface area contributed by atoms with Crippen LogP contribution in [0.5, 0.6) is 0 Å². The second-order valence-corrected chi connectivity index (χ2v) is 6.33. The zero-order valence-corrected chi connectivity index (χ0v) is 12.9. The number of rotatable bonds is 3. The number of piperazine rings is 1. The van der Waals surface area contributed by atoms with E-state index in [4.69, 9.17) is 4.74 Å². The van der Waals surface area contributed by atoms with Crippen LogP contribution in [0.3, 0.4) is 0 Å². The van der Waals surface area contributed by atoms with Gasteiger partial charge >= 0.3 is 0 Å². The fourth-order valence-corrected chi connectivity index (χ4v) is 3.35. The first-order chi connectivity index (χ1) is 9.45. The van der Waals surface area contributed by atoms with E-state index >= 15 is 0 Å². The third kappa shape index (κ3) is 2.82. The van der Waals surface area contributed by atoms with Crippen LogP contribution in [-0.2, 0) is 14.3 Å². The Hall–Kier alpha value is -1.10. The van der Waals surface area contributed by atoms with E-state index < -0.39 is 0 Å². The number of carbonyl (C=O) groups excluding carboxylic acids is 2. The summed E-state index contributed by atoms with van der Waals surface area (Å²) in [5.41, 5.74) is 0. The van der Waals surface area contributed by atoms with E-state index in [-0.39, 0.29) is 42.0 Å². The summed E-state index contributed by atoms with van der Waals surface area (Å²) >= 11 is 0. The molecule has 5 nitrogen and oxygen atoms in total. The summed E-state index contributed by atoms with van der Waals surface area (Å²) < 4.78 is 5.45. The van der Waals surface area contributed by atoms with Gasteiger partial charge in [0.15, 0.2) is 0 Å². The lowest BCUT2D eigenvalue weighted by atomic mass is 9.88. The molecule has 0 spiro atoms. The number of ether oxygens (including phenoxy) is 1. The predicted molar refractivity (Wildman–Crippen MR) is 76.1 cm³/mol. The smallest absolute Gasteiger partial charge is 0.246 e. The van der Waals surface area contributed by atoms with Crippen molar-refractivity contribution >= 4 is 11.8 Å². The van der Waals surface area contributed by atoms with Crippen LogP contribution >= 0.6 is 0 Å². The molecule has 4 unspecified atom stereocenters. The summed E-state index contributed by atoms with van der Waals surface area (Å²) in [4.78, 5) is 26.6. The molecule has 2 aliphatic rings. The molecule has 2 amide bonds. The second kappa shape index (κ2) is 6.12. The van der Waals surface area contributed by atoms with Crippen molar-refractivity contribution in [1.29, 1.82) is 0 Å². The van der Waals surface area contributed by atoms with Crippen molar-refractivity contribution < 1.29 is 14.3 Å². The first-order valence-corrected chi connectivity index (χ1v) is 7.61. The fraction of sp³-hybridized carbons (Fsp3) is 0.867. The van der Waals surface area contributed by atoms with Gasteiger partial charge in [-0.3, -0.25) is 9.59 Å². The van der Waals surface area contributed by atoms with Gasteiger partial charge in [-0.05, 0) is 38.5 Å². The molecule has 0 bridgehead atoms. The van der Waals surface area contributed by atoms with Gasteiger partial charge in [0.25, 0.3) is 0 Å². The Balaban J connectivity index is 2.18. The lowest BCUT2D eigenvalue weighted by molar-refractivity contribution is -0.154. The highest BCUT2D eigenvalue weighted by Crippen LogP contribution is 2.29. The second-order valence-electron chi connectivity index (χ2n) is 6.33. The number of hydrogen-bond donors (Lipinski definition) is 1. The molecular weight excluding hydrogens is 256 g/mol. The standard InChI is InChI=1S/C15H26N2O3/c1-9(2)13-15(19)17(10(3)14(18)16-13)11-6-5-7-12(8-11)20-4/h9-13H,5-8H2,1-4H3,(H,16,18). The molecule has 1 saturated heterocycles. The molecule has 1 heterocycles. The van der Waals surface area contributed by atoms with Gasteiger partial charge in [-0.25, -0.2) is 0 Å². The van der Waals surface area contributed by atoms with Crippen LogP contribution in [0.25, 0.3) is 0 Å². The Bertz CT molecular complexity index is 383. The molecule has 0 aromatic carbocycles. The summed E-state index contributed by atoms with van der Waals surface area (Å²) in [5.74, 6) is 0.139. The first kappa shape index (κ1) is 15.3. The largest absolute Gasteiger partial charge is 0.381 e. The normalized spacial score (nSPS) is 35.4. The summed E-state index contributed by atoms with van der Waals surface area (Å²) in [6, 6.07) is -0.636. The molecule has 20 heavy (non-hydrogen) atoms. The van der Waals surface area contributed by atoms with Crippen LogP contribution in [0.15, 0.2) is 0 Å². The molecule has 114 valence electrons. The van der Waals surface area contributed by atoms with E-state index in [2.05, 4.69) is 5.32 Å².